The molecule has 0 radical (unpaired) electrons. The van der Waals surface area contributed by atoms with Gasteiger partial charge < -0.3 is 9.80 Å². The van der Waals surface area contributed by atoms with Crippen molar-refractivity contribution >= 4 is 29.4 Å². The molecule has 36 heavy (non-hydrogen) atoms. The molecule has 0 aromatic rings. The third-order valence-corrected chi connectivity index (χ3v) is 6.92. The van der Waals surface area contributed by atoms with Gasteiger partial charge in [0.15, 0.2) is 0 Å². The summed E-state index contributed by atoms with van der Waals surface area (Å²) in [6, 6.07) is 0. The van der Waals surface area contributed by atoms with Gasteiger partial charge in [0, 0.05) is 0 Å². The quantitative estimate of drug-likeness (QED) is 0.0912. The van der Waals surface area contributed by atoms with Gasteiger partial charge in [0.05, 0.1) is 0 Å². The SMILES string of the molecule is Br.CCCCCCCCCCCCCCN(C)C.CCCCCCCCCCCCCCN(C)C.Cl. The van der Waals surface area contributed by atoms with Crippen LogP contribution in [-0.4, -0.2) is 51.1 Å². The molecule has 0 rings (SSSR count). The van der Waals surface area contributed by atoms with E-state index in [9.17, 15) is 0 Å². The Morgan fingerprint density at radius 1 is 0.306 bits per heavy atom. The van der Waals surface area contributed by atoms with E-state index in [-0.39, 0.29) is 29.4 Å². The van der Waals surface area contributed by atoms with Gasteiger partial charge >= 0.3 is 0 Å². The van der Waals surface area contributed by atoms with E-state index in [0.29, 0.717) is 0 Å². The molecule has 0 spiro atoms. The van der Waals surface area contributed by atoms with Crippen molar-refractivity contribution in [2.75, 3.05) is 41.3 Å². The third kappa shape index (κ3) is 47.8. The molecule has 0 saturated carbocycles. The van der Waals surface area contributed by atoms with E-state index in [0.717, 1.165) is 0 Å². The number of halogens is 2. The molecule has 0 aliphatic heterocycles. The van der Waals surface area contributed by atoms with Gasteiger partial charge in [0.1, 0.15) is 0 Å². The zero-order valence-electron chi connectivity index (χ0n) is 26.1. The summed E-state index contributed by atoms with van der Waals surface area (Å²) in [5.41, 5.74) is 0. The molecule has 0 fully saturated rings. The van der Waals surface area contributed by atoms with Gasteiger partial charge in [-0.25, -0.2) is 0 Å². The second-order valence-electron chi connectivity index (χ2n) is 11.4. The molecule has 0 aliphatic carbocycles. The number of unbranched alkanes of at least 4 members (excludes halogenated alkanes) is 22. The lowest BCUT2D eigenvalue weighted by atomic mass is 10.1. The largest absolute Gasteiger partial charge is 0.309 e. The van der Waals surface area contributed by atoms with Crippen LogP contribution in [0, 0.1) is 0 Å². The predicted molar refractivity (Wildman–Crippen MR) is 177 cm³/mol. The van der Waals surface area contributed by atoms with Gasteiger partial charge in [-0.1, -0.05) is 155 Å². The van der Waals surface area contributed by atoms with Crippen molar-refractivity contribution in [1.82, 2.24) is 9.80 Å². The maximum Gasteiger partial charge on any atom is -0.00248 e. The number of hydrogen-bond acceptors (Lipinski definition) is 2. The van der Waals surface area contributed by atoms with Crippen LogP contribution >= 0.6 is 29.4 Å². The second-order valence-corrected chi connectivity index (χ2v) is 11.4. The Balaban J connectivity index is -0.000000269. The molecule has 0 bridgehead atoms. The van der Waals surface area contributed by atoms with Gasteiger partial charge in [-0.15, -0.1) is 29.4 Å². The Hall–Kier alpha value is 0.690. The first-order valence-corrected chi connectivity index (χ1v) is 15.8. The first-order chi connectivity index (χ1) is 16.5. The Kier molecular flexibility index (Phi) is 48.8. The minimum absolute atomic E-state index is 0. The average molecular weight is 600 g/mol. The highest BCUT2D eigenvalue weighted by molar-refractivity contribution is 8.93. The van der Waals surface area contributed by atoms with Crippen molar-refractivity contribution < 1.29 is 0 Å². The predicted octanol–water partition coefficient (Wildman–Crippen LogP) is 11.5. The average Bonchev–Trinajstić information content (AvgIpc) is 2.80. The van der Waals surface area contributed by atoms with Gasteiger partial charge in [0.25, 0.3) is 0 Å². The van der Waals surface area contributed by atoms with E-state index in [4.69, 9.17) is 0 Å². The summed E-state index contributed by atoms with van der Waals surface area (Å²) in [5, 5.41) is 0. The molecule has 0 aromatic heterocycles. The van der Waals surface area contributed by atoms with E-state index in [1.165, 1.54) is 167 Å². The highest BCUT2D eigenvalue weighted by Gasteiger charge is 1.95. The molecule has 0 unspecified atom stereocenters. The van der Waals surface area contributed by atoms with E-state index in [1.54, 1.807) is 0 Å². The van der Waals surface area contributed by atoms with Crippen molar-refractivity contribution in [2.24, 2.45) is 0 Å². The summed E-state index contributed by atoms with van der Waals surface area (Å²) in [6.45, 7) is 7.10. The number of hydrogen-bond donors (Lipinski definition) is 0. The fourth-order valence-electron chi connectivity index (χ4n) is 4.54. The van der Waals surface area contributed by atoms with E-state index in [1.807, 2.05) is 0 Å². The van der Waals surface area contributed by atoms with Gasteiger partial charge in [-0.05, 0) is 54.1 Å². The van der Waals surface area contributed by atoms with E-state index in [2.05, 4.69) is 51.8 Å². The molecule has 0 N–H and O–H groups in total. The Morgan fingerprint density at radius 3 is 0.639 bits per heavy atom. The molecule has 0 aromatic carbocycles. The van der Waals surface area contributed by atoms with Crippen LogP contribution < -0.4 is 0 Å². The first-order valence-electron chi connectivity index (χ1n) is 15.8. The highest BCUT2D eigenvalue weighted by atomic mass is 79.9. The normalized spacial score (nSPS) is 10.7. The van der Waals surface area contributed by atoms with Crippen LogP contribution in [0.2, 0.25) is 0 Å². The maximum absolute atomic E-state index is 2.29. The maximum atomic E-state index is 2.29. The van der Waals surface area contributed by atoms with Crippen LogP contribution in [0.25, 0.3) is 0 Å². The fraction of sp³-hybridized carbons (Fsp3) is 1.00. The summed E-state index contributed by atoms with van der Waals surface area (Å²) in [4.78, 5) is 4.58. The molecule has 224 valence electrons. The topological polar surface area (TPSA) is 6.48 Å². The van der Waals surface area contributed by atoms with Gasteiger partial charge in [0.2, 0.25) is 0 Å². The van der Waals surface area contributed by atoms with E-state index >= 15 is 0 Å². The van der Waals surface area contributed by atoms with Crippen LogP contribution in [-0.2, 0) is 0 Å². The lowest BCUT2D eigenvalue weighted by molar-refractivity contribution is 0.389. The smallest absolute Gasteiger partial charge is 0.00248 e. The Labute approximate surface area is 247 Å². The fourth-order valence-corrected chi connectivity index (χ4v) is 4.54. The van der Waals surface area contributed by atoms with Gasteiger partial charge in [-0.2, -0.15) is 0 Å². The van der Waals surface area contributed by atoms with Crippen molar-refractivity contribution in [3.63, 3.8) is 0 Å². The molecule has 0 amide bonds. The second kappa shape index (κ2) is 40.2. The molecule has 0 heterocycles. The van der Waals surface area contributed by atoms with Gasteiger partial charge in [-0.3, -0.25) is 0 Å². The van der Waals surface area contributed by atoms with Crippen molar-refractivity contribution in [3.05, 3.63) is 0 Å². The summed E-state index contributed by atoms with van der Waals surface area (Å²) in [5.74, 6) is 0. The molecular formula is C32H72BrClN2. The molecule has 4 heteroatoms. The molecule has 0 saturated heterocycles. The first kappa shape index (κ1) is 43.7. The summed E-state index contributed by atoms with van der Waals surface area (Å²) < 4.78 is 0. The lowest BCUT2D eigenvalue weighted by Crippen LogP contribution is -2.12. The summed E-state index contributed by atoms with van der Waals surface area (Å²) in [7, 11) is 8.66. The van der Waals surface area contributed by atoms with Crippen LogP contribution in [0.1, 0.15) is 168 Å². The van der Waals surface area contributed by atoms with Crippen molar-refractivity contribution in [2.45, 2.75) is 168 Å². The third-order valence-electron chi connectivity index (χ3n) is 6.92. The number of rotatable bonds is 26. The summed E-state index contributed by atoms with van der Waals surface area (Å²) >= 11 is 0. The van der Waals surface area contributed by atoms with Crippen LogP contribution in [0.5, 0.6) is 0 Å². The monoisotopic (exact) mass is 598 g/mol. The van der Waals surface area contributed by atoms with Crippen molar-refractivity contribution in [3.8, 4) is 0 Å². The standard InChI is InChI=1S/2C16H35N.BrH.ClH/c2*1-4-5-6-7-8-9-10-11-12-13-14-15-16-17(2)3;;/h2*4-16H2,1-3H3;2*1H. The minimum atomic E-state index is 0. The minimum Gasteiger partial charge on any atom is -0.309 e. The Bertz CT molecular complexity index is 308. The van der Waals surface area contributed by atoms with Crippen LogP contribution in [0.15, 0.2) is 0 Å². The van der Waals surface area contributed by atoms with E-state index < -0.39 is 0 Å². The lowest BCUT2D eigenvalue weighted by Gasteiger charge is -2.08. The molecular weight excluding hydrogens is 528 g/mol. The van der Waals surface area contributed by atoms with Crippen LogP contribution in [0.3, 0.4) is 0 Å². The molecule has 0 atom stereocenters. The molecule has 2 nitrogen and oxygen atoms in total. The Morgan fingerprint density at radius 2 is 0.472 bits per heavy atom. The zero-order chi connectivity index (χ0) is 25.5. The zero-order valence-corrected chi connectivity index (χ0v) is 28.6. The number of nitrogens with zero attached hydrogens (tertiary/aromatic N) is 2. The van der Waals surface area contributed by atoms with Crippen LogP contribution in [0.4, 0.5) is 0 Å². The molecule has 0 aliphatic rings. The highest BCUT2D eigenvalue weighted by Crippen LogP contribution is 2.13. The van der Waals surface area contributed by atoms with Crippen molar-refractivity contribution in [1.29, 1.82) is 0 Å². The summed E-state index contributed by atoms with van der Waals surface area (Å²) in [6.07, 6.45) is 34.7.